The summed E-state index contributed by atoms with van der Waals surface area (Å²) in [5.74, 6) is 6.46. The number of hydrogen-bond acceptors (Lipinski definition) is 1. The zero-order valence-electron chi connectivity index (χ0n) is 10.7. The fourth-order valence-corrected chi connectivity index (χ4v) is 2.37. The first-order chi connectivity index (χ1) is 9.40. The lowest BCUT2D eigenvalue weighted by molar-refractivity contribution is 1.03. The highest BCUT2D eigenvalue weighted by atomic mass is 14.5. The van der Waals surface area contributed by atoms with Gasteiger partial charge in [-0.3, -0.25) is 0 Å². The second-order valence-electron chi connectivity index (χ2n) is 4.53. The van der Waals surface area contributed by atoms with Crippen molar-refractivity contribution in [2.24, 2.45) is 5.73 Å². The molecule has 3 aromatic carbocycles. The molecular weight excluding hydrogens is 230 g/mol. The molecule has 0 heterocycles. The van der Waals surface area contributed by atoms with Gasteiger partial charge in [-0.2, -0.15) is 0 Å². The molecule has 0 amide bonds. The molecule has 0 fully saturated rings. The zero-order valence-corrected chi connectivity index (χ0v) is 10.7. The molecule has 1 nitrogen and oxygen atoms in total. The maximum Gasteiger partial charge on any atom is 0.0402 e. The van der Waals surface area contributed by atoms with Crippen molar-refractivity contribution in [3.05, 3.63) is 60.2 Å². The monoisotopic (exact) mass is 245 g/mol. The summed E-state index contributed by atoms with van der Waals surface area (Å²) in [6, 6.07) is 19.0. The van der Waals surface area contributed by atoms with Crippen molar-refractivity contribution >= 4 is 21.5 Å². The molecule has 0 bridgehead atoms. The molecule has 0 saturated carbocycles. The average molecular weight is 245 g/mol. The van der Waals surface area contributed by atoms with Crippen molar-refractivity contribution in [1.29, 1.82) is 0 Å². The largest absolute Gasteiger partial charge is 0.330 e. The van der Waals surface area contributed by atoms with E-state index in [1.807, 2.05) is 0 Å². The number of hydrogen-bond donors (Lipinski definition) is 1. The van der Waals surface area contributed by atoms with E-state index < -0.39 is 0 Å². The standard InChI is InChI=1S/C18H15N/c19-12-6-5-11-18-16-9-3-1-7-14(16)13-15-8-2-4-10-17(15)18/h1-4,7-10,13H,6,12,19H2. The molecule has 0 spiro atoms. The van der Waals surface area contributed by atoms with Crippen molar-refractivity contribution in [2.75, 3.05) is 6.54 Å². The minimum Gasteiger partial charge on any atom is -0.330 e. The summed E-state index contributed by atoms with van der Waals surface area (Å²) in [6.45, 7) is 0.607. The van der Waals surface area contributed by atoms with E-state index in [1.165, 1.54) is 21.5 Å². The molecule has 0 aliphatic rings. The summed E-state index contributed by atoms with van der Waals surface area (Å²) in [5.41, 5.74) is 6.63. The summed E-state index contributed by atoms with van der Waals surface area (Å²) < 4.78 is 0. The SMILES string of the molecule is NCCC#Cc1c2ccccc2cc2ccccc12. The van der Waals surface area contributed by atoms with Gasteiger partial charge in [0.1, 0.15) is 0 Å². The van der Waals surface area contributed by atoms with E-state index in [9.17, 15) is 0 Å². The fraction of sp³-hybridized carbons (Fsp3) is 0.111. The van der Waals surface area contributed by atoms with E-state index in [-0.39, 0.29) is 0 Å². The van der Waals surface area contributed by atoms with Gasteiger partial charge in [0.2, 0.25) is 0 Å². The topological polar surface area (TPSA) is 26.0 Å². The van der Waals surface area contributed by atoms with E-state index in [1.54, 1.807) is 0 Å². The third kappa shape index (κ3) is 2.19. The molecule has 3 rings (SSSR count). The van der Waals surface area contributed by atoms with Crippen LogP contribution in [0.15, 0.2) is 54.6 Å². The molecule has 0 aromatic heterocycles. The van der Waals surface area contributed by atoms with Gasteiger partial charge >= 0.3 is 0 Å². The molecule has 2 N–H and O–H groups in total. The molecule has 1 heteroatoms. The van der Waals surface area contributed by atoms with Crippen molar-refractivity contribution in [3.8, 4) is 11.8 Å². The van der Waals surface area contributed by atoms with E-state index in [4.69, 9.17) is 5.73 Å². The predicted molar refractivity (Wildman–Crippen MR) is 82.0 cm³/mol. The molecule has 19 heavy (non-hydrogen) atoms. The number of nitrogens with two attached hydrogens (primary N) is 1. The summed E-state index contributed by atoms with van der Waals surface area (Å²) in [7, 11) is 0. The first-order valence-corrected chi connectivity index (χ1v) is 6.49. The minimum absolute atomic E-state index is 0.607. The van der Waals surface area contributed by atoms with E-state index in [2.05, 4.69) is 66.4 Å². The molecule has 0 atom stereocenters. The van der Waals surface area contributed by atoms with Crippen LogP contribution in [0.2, 0.25) is 0 Å². The van der Waals surface area contributed by atoms with Crippen molar-refractivity contribution in [3.63, 3.8) is 0 Å². The Balaban J connectivity index is 2.37. The van der Waals surface area contributed by atoms with Gasteiger partial charge in [-0.1, -0.05) is 60.4 Å². The highest BCUT2D eigenvalue weighted by molar-refractivity contribution is 6.04. The molecule has 0 aliphatic carbocycles. The molecule has 0 aliphatic heterocycles. The highest BCUT2D eigenvalue weighted by Crippen LogP contribution is 2.27. The Labute approximate surface area is 113 Å². The summed E-state index contributed by atoms with van der Waals surface area (Å²) in [5, 5.41) is 4.90. The molecular formula is C18H15N. The highest BCUT2D eigenvalue weighted by Gasteiger charge is 2.04. The third-order valence-electron chi connectivity index (χ3n) is 3.25. The smallest absolute Gasteiger partial charge is 0.0402 e. The van der Waals surface area contributed by atoms with Crippen molar-refractivity contribution in [1.82, 2.24) is 0 Å². The van der Waals surface area contributed by atoms with Gasteiger partial charge in [0, 0.05) is 18.5 Å². The van der Waals surface area contributed by atoms with E-state index >= 15 is 0 Å². The number of benzene rings is 3. The molecule has 0 unspecified atom stereocenters. The zero-order chi connectivity index (χ0) is 13.1. The fourth-order valence-electron chi connectivity index (χ4n) is 2.37. The van der Waals surface area contributed by atoms with Crippen LogP contribution in [-0.2, 0) is 0 Å². The van der Waals surface area contributed by atoms with Crippen LogP contribution in [0.3, 0.4) is 0 Å². The van der Waals surface area contributed by atoms with Crippen LogP contribution in [0.1, 0.15) is 12.0 Å². The van der Waals surface area contributed by atoms with Crippen LogP contribution in [0.5, 0.6) is 0 Å². The van der Waals surface area contributed by atoms with Crippen LogP contribution in [0.25, 0.3) is 21.5 Å². The van der Waals surface area contributed by atoms with Gasteiger partial charge in [-0.25, -0.2) is 0 Å². The lowest BCUT2D eigenvalue weighted by Gasteiger charge is -2.06. The summed E-state index contributed by atoms with van der Waals surface area (Å²) >= 11 is 0. The lowest BCUT2D eigenvalue weighted by atomic mass is 9.97. The first kappa shape index (κ1) is 11.8. The van der Waals surface area contributed by atoms with Gasteiger partial charge in [0.05, 0.1) is 0 Å². The Morgan fingerprint density at radius 1 is 0.842 bits per heavy atom. The van der Waals surface area contributed by atoms with Crippen LogP contribution < -0.4 is 5.73 Å². The van der Waals surface area contributed by atoms with Gasteiger partial charge in [0.15, 0.2) is 0 Å². The molecule has 0 saturated heterocycles. The van der Waals surface area contributed by atoms with Gasteiger partial charge < -0.3 is 5.73 Å². The number of fused-ring (bicyclic) bond motifs is 2. The number of rotatable bonds is 1. The Morgan fingerprint density at radius 2 is 1.42 bits per heavy atom. The Bertz CT molecular complexity index is 737. The second-order valence-corrected chi connectivity index (χ2v) is 4.53. The Hall–Kier alpha value is -2.30. The van der Waals surface area contributed by atoms with Crippen LogP contribution in [0, 0.1) is 11.8 Å². The second kappa shape index (κ2) is 5.14. The van der Waals surface area contributed by atoms with Crippen molar-refractivity contribution < 1.29 is 0 Å². The molecule has 92 valence electrons. The normalized spacial score (nSPS) is 10.4. The van der Waals surface area contributed by atoms with Crippen LogP contribution in [0.4, 0.5) is 0 Å². The van der Waals surface area contributed by atoms with E-state index in [0.717, 1.165) is 12.0 Å². The molecule has 0 radical (unpaired) electrons. The van der Waals surface area contributed by atoms with Gasteiger partial charge in [0.25, 0.3) is 0 Å². The quantitative estimate of drug-likeness (QED) is 0.513. The van der Waals surface area contributed by atoms with E-state index in [0.29, 0.717) is 6.54 Å². The predicted octanol–water partition coefficient (Wildman–Crippen LogP) is 3.69. The maximum atomic E-state index is 5.52. The third-order valence-corrected chi connectivity index (χ3v) is 3.25. The first-order valence-electron chi connectivity index (χ1n) is 6.49. The molecule has 3 aromatic rings. The van der Waals surface area contributed by atoms with Crippen molar-refractivity contribution in [2.45, 2.75) is 6.42 Å². The average Bonchev–Trinajstić information content (AvgIpc) is 2.46. The minimum atomic E-state index is 0.607. The maximum absolute atomic E-state index is 5.52. The summed E-state index contributed by atoms with van der Waals surface area (Å²) in [4.78, 5) is 0. The lowest BCUT2D eigenvalue weighted by Crippen LogP contribution is -1.95. The Kier molecular flexibility index (Phi) is 3.18. The van der Waals surface area contributed by atoms with Gasteiger partial charge in [-0.05, 0) is 27.6 Å². The summed E-state index contributed by atoms with van der Waals surface area (Å²) in [6.07, 6.45) is 0.734. The van der Waals surface area contributed by atoms with Gasteiger partial charge in [-0.15, -0.1) is 0 Å². The van der Waals surface area contributed by atoms with Crippen LogP contribution in [-0.4, -0.2) is 6.54 Å². The van der Waals surface area contributed by atoms with Crippen LogP contribution >= 0.6 is 0 Å². The Morgan fingerprint density at radius 3 is 2.00 bits per heavy atom.